The molecule has 0 fully saturated rings. The first kappa shape index (κ1) is 29.2. The highest BCUT2D eigenvalue weighted by Gasteiger charge is 2.25. The summed E-state index contributed by atoms with van der Waals surface area (Å²) >= 11 is 6.27. The summed E-state index contributed by atoms with van der Waals surface area (Å²) in [5, 5.41) is 25.4. The largest absolute Gasteiger partial charge is 0.496 e. The number of aliphatic carboxylic acids is 1. The van der Waals surface area contributed by atoms with Gasteiger partial charge in [-0.3, -0.25) is 14.9 Å². The van der Waals surface area contributed by atoms with Crippen LogP contribution < -0.4 is 15.0 Å². The molecule has 12 heteroatoms. The van der Waals surface area contributed by atoms with E-state index in [2.05, 4.69) is 5.10 Å². The second-order valence-corrected chi connectivity index (χ2v) is 9.99. The molecule has 0 bridgehead atoms. The highest BCUT2D eigenvalue weighted by Crippen LogP contribution is 2.37. The Morgan fingerprint density at radius 1 is 1.20 bits per heavy atom. The highest BCUT2D eigenvalue weighted by atomic mass is 35.5. The number of para-hydroxylation sites is 1. The van der Waals surface area contributed by atoms with Crippen LogP contribution in [0.2, 0.25) is 5.02 Å². The Bertz CT molecular complexity index is 1760. The number of aryl methyl sites for hydroxylation is 1. The minimum Gasteiger partial charge on any atom is -0.496 e. The maximum atomic E-state index is 13.7. The van der Waals surface area contributed by atoms with Crippen molar-refractivity contribution in [1.82, 2.24) is 9.66 Å². The Kier molecular flexibility index (Phi) is 8.39. The molecule has 212 valence electrons. The number of nitro groups is 1. The first-order valence-electron chi connectivity index (χ1n) is 12.5. The number of methoxy groups -OCH3 is 1. The summed E-state index contributed by atoms with van der Waals surface area (Å²) in [5.41, 5.74) is 2.03. The number of carbonyl (C=O) groups is 1. The van der Waals surface area contributed by atoms with Crippen LogP contribution in [0, 0.1) is 17.0 Å². The summed E-state index contributed by atoms with van der Waals surface area (Å²) in [6, 6.07) is 13.1. The fourth-order valence-electron chi connectivity index (χ4n) is 4.25. The molecule has 0 amide bonds. The average molecular weight is 579 g/mol. The zero-order valence-corrected chi connectivity index (χ0v) is 23.7. The predicted molar refractivity (Wildman–Crippen MR) is 156 cm³/mol. The number of carboxylic acid groups (broad SMARTS) is 1. The molecule has 11 nitrogen and oxygen atoms in total. The number of carboxylic acids is 1. The first-order valence-corrected chi connectivity index (χ1v) is 12.9. The van der Waals surface area contributed by atoms with E-state index in [1.807, 2.05) is 32.9 Å². The maximum Gasteiger partial charge on any atom is 0.344 e. The van der Waals surface area contributed by atoms with Gasteiger partial charge < -0.3 is 14.6 Å². The van der Waals surface area contributed by atoms with E-state index in [1.165, 1.54) is 19.2 Å². The van der Waals surface area contributed by atoms with Gasteiger partial charge in [0.05, 0.1) is 34.2 Å². The third-order valence-electron chi connectivity index (χ3n) is 6.40. The van der Waals surface area contributed by atoms with Crippen LogP contribution in [0.4, 0.5) is 5.69 Å². The number of ether oxygens (including phenoxy) is 2. The molecule has 4 rings (SSSR count). The fraction of sp³-hybridized carbons (Fsp3) is 0.241. The van der Waals surface area contributed by atoms with Gasteiger partial charge in [-0.2, -0.15) is 9.78 Å². The minimum atomic E-state index is -1.38. The summed E-state index contributed by atoms with van der Waals surface area (Å²) in [6.07, 6.45) is -0.133. The van der Waals surface area contributed by atoms with Gasteiger partial charge >= 0.3 is 11.7 Å². The van der Waals surface area contributed by atoms with Crippen LogP contribution in [0.1, 0.15) is 43.4 Å². The molecule has 0 aliphatic rings. The number of halogens is 1. The van der Waals surface area contributed by atoms with E-state index in [0.29, 0.717) is 22.2 Å². The zero-order valence-electron chi connectivity index (χ0n) is 22.9. The van der Waals surface area contributed by atoms with Crippen LogP contribution >= 0.6 is 11.6 Å². The van der Waals surface area contributed by atoms with Gasteiger partial charge in [-0.1, -0.05) is 37.6 Å². The van der Waals surface area contributed by atoms with Crippen LogP contribution in [0.15, 0.2) is 58.4 Å². The second kappa shape index (κ2) is 11.8. The standard InChI is InChI=1S/C29H27ClN4O7/c1-15(2)20-13-21(16(3)10-25(20)40-5)27-32-23-9-7-6-8-19(23)28(35)33(27)31-14-18-11-22(30)26(24(12-18)34(38)39)41-17(4)29(36)37/h6-15,17H,1-5H3,(H,36,37)/t17-/m1/s1. The maximum absolute atomic E-state index is 13.7. The van der Waals surface area contributed by atoms with Crippen LogP contribution in [0.3, 0.4) is 0 Å². The molecule has 0 radical (unpaired) electrons. The smallest absolute Gasteiger partial charge is 0.344 e. The fourth-order valence-corrected chi connectivity index (χ4v) is 4.52. The molecule has 0 aliphatic carbocycles. The van der Waals surface area contributed by atoms with Gasteiger partial charge in [-0.05, 0) is 61.2 Å². The number of benzene rings is 3. The van der Waals surface area contributed by atoms with Gasteiger partial charge in [0.2, 0.25) is 5.75 Å². The lowest BCUT2D eigenvalue weighted by Gasteiger charge is -2.17. The molecule has 1 heterocycles. The summed E-state index contributed by atoms with van der Waals surface area (Å²) in [5.74, 6) is -0.611. The molecule has 1 aromatic heterocycles. The topological polar surface area (TPSA) is 146 Å². The summed E-state index contributed by atoms with van der Waals surface area (Å²) in [7, 11) is 1.60. The normalized spacial score (nSPS) is 12.2. The van der Waals surface area contributed by atoms with E-state index < -0.39 is 28.2 Å². The predicted octanol–water partition coefficient (Wildman–Crippen LogP) is 5.80. The van der Waals surface area contributed by atoms with Crippen molar-refractivity contribution in [2.75, 3.05) is 7.11 Å². The lowest BCUT2D eigenvalue weighted by molar-refractivity contribution is -0.386. The van der Waals surface area contributed by atoms with E-state index in [9.17, 15) is 19.7 Å². The van der Waals surface area contributed by atoms with Crippen molar-refractivity contribution in [3.8, 4) is 22.9 Å². The van der Waals surface area contributed by atoms with Crippen LogP contribution in [0.25, 0.3) is 22.3 Å². The minimum absolute atomic E-state index is 0.112. The van der Waals surface area contributed by atoms with Crippen molar-refractivity contribution in [1.29, 1.82) is 0 Å². The van der Waals surface area contributed by atoms with Gasteiger partial charge in [0.25, 0.3) is 5.56 Å². The number of fused-ring (bicyclic) bond motifs is 1. The van der Waals surface area contributed by atoms with Gasteiger partial charge in [0.1, 0.15) is 5.75 Å². The van der Waals surface area contributed by atoms with Crippen molar-refractivity contribution in [3.63, 3.8) is 0 Å². The molecule has 41 heavy (non-hydrogen) atoms. The molecule has 0 saturated carbocycles. The van der Waals surface area contributed by atoms with Gasteiger partial charge in [-0.25, -0.2) is 9.78 Å². The molecule has 1 N–H and O–H groups in total. The molecule has 0 unspecified atom stereocenters. The molecule has 0 saturated heterocycles. The van der Waals surface area contributed by atoms with Crippen molar-refractivity contribution in [2.24, 2.45) is 5.10 Å². The third kappa shape index (κ3) is 5.90. The van der Waals surface area contributed by atoms with Crippen molar-refractivity contribution < 1.29 is 24.3 Å². The Balaban J connectivity index is 1.92. The van der Waals surface area contributed by atoms with E-state index in [1.54, 1.807) is 31.4 Å². The van der Waals surface area contributed by atoms with Crippen molar-refractivity contribution >= 4 is 40.4 Å². The van der Waals surface area contributed by atoms with E-state index in [4.69, 9.17) is 31.2 Å². The molecule has 1 atom stereocenters. The van der Waals surface area contributed by atoms with Gasteiger partial charge in [0, 0.05) is 17.2 Å². The lowest BCUT2D eigenvalue weighted by atomic mass is 9.96. The monoisotopic (exact) mass is 578 g/mol. The van der Waals surface area contributed by atoms with Gasteiger partial charge in [-0.15, -0.1) is 0 Å². The number of nitrogens with zero attached hydrogens (tertiary/aromatic N) is 4. The molecule has 4 aromatic rings. The summed E-state index contributed by atoms with van der Waals surface area (Å²) < 4.78 is 11.9. The molecular weight excluding hydrogens is 552 g/mol. The molecule has 0 spiro atoms. The zero-order chi connectivity index (χ0) is 30.0. The number of hydrogen-bond donors (Lipinski definition) is 1. The Morgan fingerprint density at radius 2 is 1.90 bits per heavy atom. The number of nitro benzene ring substituents is 1. The number of rotatable bonds is 9. The first-order chi connectivity index (χ1) is 19.4. The third-order valence-corrected chi connectivity index (χ3v) is 6.68. The van der Waals surface area contributed by atoms with E-state index >= 15 is 0 Å². The highest BCUT2D eigenvalue weighted by molar-refractivity contribution is 6.32. The molecule has 3 aromatic carbocycles. The molecule has 0 aliphatic heterocycles. The quantitative estimate of drug-likeness (QED) is 0.149. The Morgan fingerprint density at radius 3 is 2.54 bits per heavy atom. The van der Waals surface area contributed by atoms with Crippen LogP contribution in [-0.4, -0.2) is 45.1 Å². The van der Waals surface area contributed by atoms with Crippen molar-refractivity contribution in [3.05, 3.63) is 90.7 Å². The van der Waals surface area contributed by atoms with E-state index in [0.717, 1.165) is 21.9 Å². The summed E-state index contributed by atoms with van der Waals surface area (Å²) in [6.45, 7) is 7.15. The number of aromatic nitrogens is 2. The number of hydrogen-bond acceptors (Lipinski definition) is 8. The van der Waals surface area contributed by atoms with Gasteiger partial charge in [0.15, 0.2) is 11.9 Å². The van der Waals surface area contributed by atoms with Crippen molar-refractivity contribution in [2.45, 2.75) is 39.7 Å². The Labute approximate surface area is 239 Å². The SMILES string of the molecule is COc1cc(C)c(-c2nc3ccccc3c(=O)n2N=Cc2cc(Cl)c(O[C@H](C)C(=O)O)c([N+](=O)[O-])c2)cc1C(C)C. The average Bonchev–Trinajstić information content (AvgIpc) is 2.93. The second-order valence-electron chi connectivity index (χ2n) is 9.58. The molecular formula is C29H27ClN4O7. The lowest BCUT2D eigenvalue weighted by Crippen LogP contribution is -2.23. The summed E-state index contributed by atoms with van der Waals surface area (Å²) in [4.78, 5) is 40.7. The Hall–Kier alpha value is -4.77. The van der Waals surface area contributed by atoms with E-state index in [-0.39, 0.29) is 28.1 Å². The van der Waals surface area contributed by atoms with Crippen LogP contribution in [0.5, 0.6) is 11.5 Å². The van der Waals surface area contributed by atoms with Crippen LogP contribution in [-0.2, 0) is 4.79 Å².